The van der Waals surface area contributed by atoms with Crippen molar-refractivity contribution >= 4 is 17.8 Å². The molecule has 2 aliphatic rings. The quantitative estimate of drug-likeness (QED) is 0.0305. The molecule has 0 radical (unpaired) electrons. The molecule has 22 nitrogen and oxygen atoms in total. The molecule has 0 saturated carbocycles. The highest BCUT2D eigenvalue weighted by atomic mass is 17.2. The Labute approximate surface area is 276 Å². The van der Waals surface area contributed by atoms with E-state index in [1.165, 1.54) is 38.1 Å². The van der Waals surface area contributed by atoms with Crippen LogP contribution in [-0.4, -0.2) is 210 Å². The molecule has 0 aromatic carbocycles. The van der Waals surface area contributed by atoms with Crippen molar-refractivity contribution in [2.75, 3.05) is 80.6 Å². The fourth-order valence-corrected chi connectivity index (χ4v) is 4.92. The fraction of sp³-hybridized carbons (Fsp3) is 0.885. The number of amides is 2. The Morgan fingerprint density at radius 3 is 1.62 bits per heavy atom. The van der Waals surface area contributed by atoms with E-state index in [-0.39, 0.29) is 46.2 Å². The van der Waals surface area contributed by atoms with E-state index in [2.05, 4.69) is 15.5 Å². The van der Waals surface area contributed by atoms with Crippen LogP contribution in [0.5, 0.6) is 0 Å². The summed E-state index contributed by atoms with van der Waals surface area (Å²) in [4.78, 5) is 60.9. The van der Waals surface area contributed by atoms with Gasteiger partial charge in [-0.1, -0.05) is 0 Å². The first-order valence-corrected chi connectivity index (χ1v) is 14.9. The number of nitrogens with zero attached hydrogens (tertiary/aromatic N) is 3. The summed E-state index contributed by atoms with van der Waals surface area (Å²) in [5.41, 5.74) is 0. The number of carboxylic acids is 1. The highest BCUT2D eigenvalue weighted by Crippen LogP contribution is 2.21. The number of ether oxygens (including phenoxy) is 3. The van der Waals surface area contributed by atoms with Crippen LogP contribution in [0.4, 0.5) is 0 Å². The number of aliphatic hydroxyl groups is 6. The van der Waals surface area contributed by atoms with Gasteiger partial charge in [0.2, 0.25) is 11.8 Å². The molecule has 0 aromatic heterocycles. The largest absolute Gasteiger partial charge is 0.480 e. The number of methoxy groups -OCH3 is 1. The first-order chi connectivity index (χ1) is 22.7. The third-order valence-electron chi connectivity index (χ3n) is 7.59. The summed E-state index contributed by atoms with van der Waals surface area (Å²) >= 11 is 0. The maximum absolute atomic E-state index is 12.8. The molecular formula is C26H49N5O17. The van der Waals surface area contributed by atoms with Gasteiger partial charge >= 0.3 is 5.97 Å². The van der Waals surface area contributed by atoms with Gasteiger partial charge < -0.3 is 60.6 Å². The van der Waals surface area contributed by atoms with E-state index < -0.39 is 92.3 Å². The zero-order valence-electron chi connectivity index (χ0n) is 27.2. The van der Waals surface area contributed by atoms with Crippen molar-refractivity contribution in [1.82, 2.24) is 25.3 Å². The van der Waals surface area contributed by atoms with Crippen molar-refractivity contribution in [3.63, 3.8) is 0 Å². The Bertz CT molecular complexity index is 987. The van der Waals surface area contributed by atoms with Crippen LogP contribution in [0.1, 0.15) is 6.92 Å². The van der Waals surface area contributed by atoms with Gasteiger partial charge in [-0.3, -0.25) is 29.1 Å². The maximum Gasteiger partial charge on any atom is 0.317 e. The van der Waals surface area contributed by atoms with E-state index in [4.69, 9.17) is 28.9 Å². The summed E-state index contributed by atoms with van der Waals surface area (Å²) in [7, 11) is 3.75. The Morgan fingerprint density at radius 1 is 0.646 bits per heavy atom. The molecule has 0 spiro atoms. The zero-order valence-corrected chi connectivity index (χ0v) is 27.2. The highest BCUT2D eigenvalue weighted by Gasteiger charge is 2.45. The molecule has 0 aromatic rings. The molecule has 280 valence electrons. The lowest BCUT2D eigenvalue weighted by atomic mass is 9.97. The van der Waals surface area contributed by atoms with Crippen LogP contribution >= 0.6 is 0 Å². The van der Waals surface area contributed by atoms with E-state index in [0.717, 1.165) is 0 Å². The second-order valence-corrected chi connectivity index (χ2v) is 11.1. The number of carbonyl (C=O) groups excluding carboxylic acids is 2. The van der Waals surface area contributed by atoms with Gasteiger partial charge in [-0.15, -0.1) is 0 Å². The van der Waals surface area contributed by atoms with Crippen LogP contribution in [0.15, 0.2) is 0 Å². The lowest BCUT2D eigenvalue weighted by molar-refractivity contribution is -0.311. The zero-order chi connectivity index (χ0) is 36.0. The molecule has 9 N–H and O–H groups in total. The smallest absolute Gasteiger partial charge is 0.317 e. The van der Waals surface area contributed by atoms with Crippen LogP contribution in [0, 0.1) is 0 Å². The fourth-order valence-electron chi connectivity index (χ4n) is 4.92. The summed E-state index contributed by atoms with van der Waals surface area (Å²) in [6.07, 6.45) is -11.5. The molecule has 48 heavy (non-hydrogen) atoms. The summed E-state index contributed by atoms with van der Waals surface area (Å²) in [5, 5.41) is 75.3. The van der Waals surface area contributed by atoms with Crippen molar-refractivity contribution < 1.29 is 83.9 Å². The van der Waals surface area contributed by atoms with E-state index in [0.29, 0.717) is 0 Å². The number of hydrogen-bond donors (Lipinski definition) is 9. The molecular weight excluding hydrogens is 654 g/mol. The minimum absolute atomic E-state index is 0.00996. The Kier molecular flexibility index (Phi) is 18.4. The second-order valence-electron chi connectivity index (χ2n) is 11.1. The first-order valence-electron chi connectivity index (χ1n) is 14.9. The number of carboxylic acid groups (broad SMARTS) is 1. The van der Waals surface area contributed by atoms with Gasteiger partial charge in [0.05, 0.1) is 40.0 Å². The van der Waals surface area contributed by atoms with Crippen LogP contribution in [0.3, 0.4) is 0 Å². The molecule has 2 saturated heterocycles. The number of aliphatic hydroxyl groups excluding tert-OH is 6. The standard InChI is InChI=1S/C26H49N5O17/c1-14-20(36)21(37)18(24(40)47-14)27-15(32)9-30(11-17(34)35)7-5-29(12-45-43-3)6-8-31(13-46-44-4)10-16(33)28-19-22(38)23(39)26(42-2)48-25(19)41/h14,18-26,36-41H,5-13H2,1-4H3,(H,27,32)(H,28,33)(H,34,35)/t14-,18?,19?,20+,21+,22-,23+,24?,25?,26-/m1/s1. The number of rotatable bonds is 21. The van der Waals surface area contributed by atoms with Gasteiger partial charge in [0, 0.05) is 33.3 Å². The predicted octanol–water partition coefficient (Wildman–Crippen LogP) is -6.48. The van der Waals surface area contributed by atoms with Gasteiger partial charge in [0.15, 0.2) is 18.9 Å². The maximum atomic E-state index is 12.8. The van der Waals surface area contributed by atoms with E-state index in [9.17, 15) is 50.1 Å². The molecule has 2 rings (SSSR count). The highest BCUT2D eigenvalue weighted by molar-refractivity contribution is 5.79. The lowest BCUT2D eigenvalue weighted by Gasteiger charge is -2.40. The number of hydrogen-bond acceptors (Lipinski definition) is 19. The average Bonchev–Trinajstić information content (AvgIpc) is 3.03. The monoisotopic (exact) mass is 703 g/mol. The van der Waals surface area contributed by atoms with Crippen LogP contribution in [0.25, 0.3) is 0 Å². The van der Waals surface area contributed by atoms with Crippen molar-refractivity contribution in [3.05, 3.63) is 0 Å². The molecule has 2 aliphatic heterocycles. The Balaban J connectivity index is 2.00. The van der Waals surface area contributed by atoms with Gasteiger partial charge in [0.1, 0.15) is 50.0 Å². The Hall–Kier alpha value is -2.23. The lowest BCUT2D eigenvalue weighted by Crippen LogP contribution is -2.64. The molecule has 22 heteroatoms. The minimum Gasteiger partial charge on any atom is -0.480 e. The summed E-state index contributed by atoms with van der Waals surface area (Å²) in [6.45, 7) is 0.230. The molecule has 4 unspecified atom stereocenters. The molecule has 2 fully saturated rings. The molecule has 10 atom stereocenters. The predicted molar refractivity (Wildman–Crippen MR) is 155 cm³/mol. The number of carbonyl (C=O) groups is 3. The summed E-state index contributed by atoms with van der Waals surface area (Å²) in [5.74, 6) is -2.66. The van der Waals surface area contributed by atoms with E-state index >= 15 is 0 Å². The number of aliphatic carboxylic acids is 1. The third-order valence-corrected chi connectivity index (χ3v) is 7.59. The Morgan fingerprint density at radius 2 is 1.10 bits per heavy atom. The molecule has 2 heterocycles. The second kappa shape index (κ2) is 21.1. The van der Waals surface area contributed by atoms with Gasteiger partial charge in [-0.25, -0.2) is 19.6 Å². The van der Waals surface area contributed by atoms with Crippen molar-refractivity contribution in [2.45, 2.75) is 68.4 Å². The number of nitrogens with one attached hydrogen (secondary N) is 2. The van der Waals surface area contributed by atoms with E-state index in [1.807, 2.05) is 0 Å². The van der Waals surface area contributed by atoms with Gasteiger partial charge in [-0.2, -0.15) is 0 Å². The summed E-state index contributed by atoms with van der Waals surface area (Å²) < 4.78 is 15.1. The van der Waals surface area contributed by atoms with Gasteiger partial charge in [-0.05, 0) is 6.92 Å². The average molecular weight is 704 g/mol. The van der Waals surface area contributed by atoms with Crippen LogP contribution in [0.2, 0.25) is 0 Å². The SMILES string of the molecule is COOCN(CCN(COOC)CC(=O)NC1C(O)O[C@@H](OC)[C@@H](O)[C@@H]1O)CCN(CC(=O)O)CC(=O)NC1C(O)O[C@H](C)[C@H](O)[C@H]1O. The molecule has 0 bridgehead atoms. The minimum atomic E-state index is -1.68. The van der Waals surface area contributed by atoms with Crippen LogP contribution < -0.4 is 10.6 Å². The first kappa shape index (κ1) is 41.9. The van der Waals surface area contributed by atoms with Gasteiger partial charge in [0.25, 0.3) is 0 Å². The third kappa shape index (κ3) is 13.2. The molecule has 0 aliphatic carbocycles. The van der Waals surface area contributed by atoms with Crippen molar-refractivity contribution in [1.29, 1.82) is 0 Å². The van der Waals surface area contributed by atoms with Crippen molar-refractivity contribution in [3.8, 4) is 0 Å². The van der Waals surface area contributed by atoms with Crippen molar-refractivity contribution in [2.24, 2.45) is 0 Å². The normalized spacial score (nSPS) is 30.9. The summed E-state index contributed by atoms with van der Waals surface area (Å²) in [6, 6.07) is -2.73. The van der Waals surface area contributed by atoms with Crippen LogP contribution in [-0.2, 0) is 48.1 Å². The topological polar surface area (TPSA) is 291 Å². The molecule has 2 amide bonds. The van der Waals surface area contributed by atoms with E-state index in [1.54, 1.807) is 4.90 Å².